The van der Waals surface area contributed by atoms with Gasteiger partial charge in [-0.1, -0.05) is 37.8 Å². The van der Waals surface area contributed by atoms with Crippen LogP contribution in [-0.2, 0) is 23.1 Å². The van der Waals surface area contributed by atoms with E-state index in [1.807, 2.05) is 0 Å². The number of rotatable bonds is 8. The van der Waals surface area contributed by atoms with Crippen LogP contribution < -0.4 is 5.32 Å². The van der Waals surface area contributed by atoms with Gasteiger partial charge in [-0.05, 0) is 45.1 Å². The maximum absolute atomic E-state index is 14.8. The molecule has 1 atom stereocenters. The van der Waals surface area contributed by atoms with E-state index in [4.69, 9.17) is 13.8 Å². The first kappa shape index (κ1) is 25.6. The Bertz CT molecular complexity index is 1080. The van der Waals surface area contributed by atoms with Gasteiger partial charge in [-0.25, -0.2) is 4.79 Å². The maximum atomic E-state index is 14.8. The molecule has 3 aliphatic rings. The topological polar surface area (TPSA) is 117 Å². The minimum absolute atomic E-state index is 0.122. The molecule has 0 amide bonds. The van der Waals surface area contributed by atoms with Crippen LogP contribution in [0.15, 0.2) is 46.5 Å². The van der Waals surface area contributed by atoms with Crippen LogP contribution >= 0.6 is 7.60 Å². The number of nitrogens with one attached hydrogen (secondary N) is 1. The van der Waals surface area contributed by atoms with Crippen molar-refractivity contribution in [3.05, 3.63) is 62.2 Å². The first-order valence-electron chi connectivity index (χ1n) is 12.2. The fraction of sp³-hybridized carbons (Fsp3) is 0.560. The number of allylic oxidation sites excluding steroid dienone is 3. The highest BCUT2D eigenvalue weighted by atomic mass is 31.2. The van der Waals surface area contributed by atoms with Crippen LogP contribution in [0.4, 0.5) is 5.69 Å². The summed E-state index contributed by atoms with van der Waals surface area (Å²) in [5, 5.41) is 15.0. The Kier molecular flexibility index (Phi) is 7.79. The lowest BCUT2D eigenvalue weighted by Crippen LogP contribution is -2.30. The first-order valence-corrected chi connectivity index (χ1v) is 13.8. The van der Waals surface area contributed by atoms with Crippen LogP contribution in [0.2, 0.25) is 0 Å². The van der Waals surface area contributed by atoms with Gasteiger partial charge in [0.1, 0.15) is 0 Å². The molecular weight excluding hydrogens is 471 g/mol. The van der Waals surface area contributed by atoms with Crippen LogP contribution in [0, 0.1) is 10.1 Å². The molecule has 4 rings (SSSR count). The second-order valence-electron chi connectivity index (χ2n) is 9.47. The Balaban J connectivity index is 1.87. The van der Waals surface area contributed by atoms with Gasteiger partial charge in [-0.2, -0.15) is 0 Å². The quantitative estimate of drug-likeness (QED) is 0.196. The third-order valence-corrected chi connectivity index (χ3v) is 9.36. The molecule has 0 bridgehead atoms. The molecule has 2 aliphatic carbocycles. The fourth-order valence-electron chi connectivity index (χ4n) is 5.39. The number of carbonyl (C=O) groups is 1. The molecule has 0 radical (unpaired) electrons. The molecule has 35 heavy (non-hydrogen) atoms. The minimum Gasteiger partial charge on any atom is -0.466 e. The molecule has 0 saturated heterocycles. The molecule has 0 spiro atoms. The number of ether oxygens (including phenoxy) is 1. The summed E-state index contributed by atoms with van der Waals surface area (Å²) in [4.78, 5) is 24.1. The van der Waals surface area contributed by atoms with E-state index >= 15 is 0 Å². The van der Waals surface area contributed by atoms with Crippen LogP contribution in [0.1, 0.15) is 76.7 Å². The molecule has 0 aromatic heterocycles. The fourth-order valence-corrected chi connectivity index (χ4v) is 7.93. The van der Waals surface area contributed by atoms with E-state index in [2.05, 4.69) is 5.32 Å². The lowest BCUT2D eigenvalue weighted by molar-refractivity contribution is -0.384. The molecule has 10 heteroatoms. The van der Waals surface area contributed by atoms with Gasteiger partial charge in [-0.15, -0.1) is 0 Å². The maximum Gasteiger partial charge on any atom is 0.360 e. The van der Waals surface area contributed by atoms with Gasteiger partial charge in [0.25, 0.3) is 5.69 Å². The number of hydrogen-bond donors (Lipinski definition) is 1. The summed E-state index contributed by atoms with van der Waals surface area (Å²) in [5.74, 6) is -1.48. The second kappa shape index (κ2) is 10.6. The number of nitrogens with zero attached hydrogens (tertiary/aromatic N) is 1. The lowest BCUT2D eigenvalue weighted by atomic mass is 9.86. The highest BCUT2D eigenvalue weighted by molar-refractivity contribution is 7.58. The molecular formula is C25H33N2O7P. The molecule has 1 aliphatic heterocycles. The predicted molar refractivity (Wildman–Crippen MR) is 131 cm³/mol. The summed E-state index contributed by atoms with van der Waals surface area (Å²) in [7, 11) is -2.64. The zero-order valence-corrected chi connectivity index (χ0v) is 21.3. The van der Waals surface area contributed by atoms with Crippen LogP contribution in [0.5, 0.6) is 0 Å². The molecule has 1 heterocycles. The highest BCUT2D eigenvalue weighted by Crippen LogP contribution is 2.66. The number of nitro benzene ring substituents is 1. The van der Waals surface area contributed by atoms with Crippen molar-refractivity contribution in [3.8, 4) is 0 Å². The summed E-state index contributed by atoms with van der Waals surface area (Å²) in [6.07, 6.45) is 6.71. The lowest BCUT2D eigenvalue weighted by Gasteiger charge is -2.36. The van der Waals surface area contributed by atoms with Crippen molar-refractivity contribution in [3.63, 3.8) is 0 Å². The van der Waals surface area contributed by atoms with E-state index < -0.39 is 24.4 Å². The van der Waals surface area contributed by atoms with Crippen molar-refractivity contribution in [1.82, 2.24) is 5.32 Å². The summed E-state index contributed by atoms with van der Waals surface area (Å²) in [5.41, 5.74) is 1.66. The standard InChI is InChI=1S/C25H33N2O7P/c1-16-22(25(28)32-3)23(18-9-8-10-19(15-18)27(29)30)24(17(2)26-16)35(31,33-20-11-4-5-12-20)34-21-13-6-7-14-21/h8-10,15,20-21,23,26H,4-7,11-14H2,1-3H3. The molecule has 2 fully saturated rings. The number of nitro groups is 1. The zero-order valence-electron chi connectivity index (χ0n) is 20.5. The van der Waals surface area contributed by atoms with E-state index in [0.717, 1.165) is 51.4 Å². The number of dihydropyridines is 1. The van der Waals surface area contributed by atoms with Gasteiger partial charge < -0.3 is 19.1 Å². The van der Waals surface area contributed by atoms with Crippen LogP contribution in [0.25, 0.3) is 0 Å². The molecule has 1 unspecified atom stereocenters. The van der Waals surface area contributed by atoms with Crippen molar-refractivity contribution in [2.45, 2.75) is 83.3 Å². The van der Waals surface area contributed by atoms with Crippen molar-refractivity contribution < 1.29 is 28.1 Å². The summed E-state index contributed by atoms with van der Waals surface area (Å²) < 4.78 is 32.5. The van der Waals surface area contributed by atoms with Crippen molar-refractivity contribution in [1.29, 1.82) is 0 Å². The van der Waals surface area contributed by atoms with E-state index in [-0.39, 0.29) is 23.5 Å². The Morgan fingerprint density at radius 3 is 2.11 bits per heavy atom. The van der Waals surface area contributed by atoms with Crippen molar-refractivity contribution >= 4 is 19.3 Å². The third kappa shape index (κ3) is 5.37. The predicted octanol–water partition coefficient (Wildman–Crippen LogP) is 6.07. The van der Waals surface area contributed by atoms with E-state index in [1.54, 1.807) is 26.0 Å². The van der Waals surface area contributed by atoms with Gasteiger partial charge in [0.2, 0.25) is 0 Å². The van der Waals surface area contributed by atoms with Gasteiger partial charge >= 0.3 is 13.6 Å². The molecule has 2 saturated carbocycles. The summed E-state index contributed by atoms with van der Waals surface area (Å²) in [6, 6.07) is 6.06. The summed E-state index contributed by atoms with van der Waals surface area (Å²) >= 11 is 0. The van der Waals surface area contributed by atoms with Crippen molar-refractivity contribution in [2.75, 3.05) is 7.11 Å². The minimum atomic E-state index is -3.92. The molecule has 9 nitrogen and oxygen atoms in total. The van der Waals surface area contributed by atoms with E-state index in [0.29, 0.717) is 22.3 Å². The monoisotopic (exact) mass is 504 g/mol. The van der Waals surface area contributed by atoms with Crippen molar-refractivity contribution in [2.24, 2.45) is 0 Å². The van der Waals surface area contributed by atoms with Crippen LogP contribution in [0.3, 0.4) is 0 Å². The Morgan fingerprint density at radius 2 is 1.60 bits per heavy atom. The zero-order chi connectivity index (χ0) is 25.2. The van der Waals surface area contributed by atoms with Gasteiger partial charge in [0.15, 0.2) is 0 Å². The second-order valence-corrected chi connectivity index (χ2v) is 11.4. The molecule has 1 aromatic carbocycles. The number of non-ortho nitro benzene ring substituents is 1. The largest absolute Gasteiger partial charge is 0.466 e. The van der Waals surface area contributed by atoms with Gasteiger partial charge in [-0.3, -0.25) is 14.7 Å². The Morgan fingerprint density at radius 1 is 1.03 bits per heavy atom. The van der Waals surface area contributed by atoms with E-state index in [1.165, 1.54) is 19.2 Å². The molecule has 1 aromatic rings. The first-order chi connectivity index (χ1) is 16.7. The number of carbonyl (C=O) groups excluding carboxylic acids is 1. The number of hydrogen-bond acceptors (Lipinski definition) is 8. The Labute approximate surface area is 205 Å². The van der Waals surface area contributed by atoms with E-state index in [9.17, 15) is 19.5 Å². The summed E-state index contributed by atoms with van der Waals surface area (Å²) in [6.45, 7) is 3.51. The van der Waals surface area contributed by atoms with Gasteiger partial charge in [0, 0.05) is 23.5 Å². The SMILES string of the molecule is COC(=O)C1=C(C)NC(C)=C(P(=O)(OC2CCCC2)OC2CCCC2)C1c1cccc([N+](=O)[O-])c1. The van der Waals surface area contributed by atoms with Crippen LogP contribution in [-0.4, -0.2) is 30.2 Å². The molecule has 190 valence electrons. The molecule has 1 N–H and O–H groups in total. The smallest absolute Gasteiger partial charge is 0.360 e. The highest BCUT2D eigenvalue weighted by Gasteiger charge is 2.47. The number of methoxy groups -OCH3 is 1. The van der Waals surface area contributed by atoms with Gasteiger partial charge in [0.05, 0.1) is 41.0 Å². The number of benzene rings is 1. The number of esters is 1. The average molecular weight is 505 g/mol. The third-order valence-electron chi connectivity index (χ3n) is 7.02. The average Bonchev–Trinajstić information content (AvgIpc) is 3.52. The normalized spacial score (nSPS) is 22.0. The Hall–Kier alpha value is -2.48.